The summed E-state index contributed by atoms with van der Waals surface area (Å²) >= 11 is 0. The summed E-state index contributed by atoms with van der Waals surface area (Å²) in [4.78, 5) is 34.4. The molecular formula is C18H18N2O6. The van der Waals surface area contributed by atoms with Crippen LogP contribution in [0.1, 0.15) is 24.2 Å². The highest BCUT2D eigenvalue weighted by Crippen LogP contribution is 2.22. The van der Waals surface area contributed by atoms with Crippen molar-refractivity contribution in [2.45, 2.75) is 19.4 Å². The van der Waals surface area contributed by atoms with Crippen LogP contribution in [0.15, 0.2) is 48.5 Å². The van der Waals surface area contributed by atoms with Crippen molar-refractivity contribution in [3.63, 3.8) is 0 Å². The highest BCUT2D eigenvalue weighted by Gasteiger charge is 2.18. The summed E-state index contributed by atoms with van der Waals surface area (Å²) in [6.07, 6.45) is -1.27. The van der Waals surface area contributed by atoms with Crippen molar-refractivity contribution in [2.24, 2.45) is 0 Å². The molecule has 0 heterocycles. The summed E-state index contributed by atoms with van der Waals surface area (Å²) in [6.45, 7) is 1.67. The summed E-state index contributed by atoms with van der Waals surface area (Å²) < 4.78 is 5.37. The van der Waals surface area contributed by atoms with E-state index in [1.165, 1.54) is 36.2 Å². The first kappa shape index (κ1) is 18.9. The van der Waals surface area contributed by atoms with E-state index >= 15 is 0 Å². The van der Waals surface area contributed by atoms with E-state index in [0.717, 1.165) is 0 Å². The lowest BCUT2D eigenvalue weighted by molar-refractivity contribution is -0.384. The molecule has 0 bridgehead atoms. The number of hydrogen-bond donors (Lipinski definition) is 1. The van der Waals surface area contributed by atoms with Gasteiger partial charge < -0.3 is 9.84 Å². The number of carboxylic acids is 1. The monoisotopic (exact) mass is 358 g/mol. The third-order valence-electron chi connectivity index (χ3n) is 3.80. The summed E-state index contributed by atoms with van der Waals surface area (Å²) in [5.41, 5.74) is 1.78. The molecule has 0 aliphatic rings. The van der Waals surface area contributed by atoms with E-state index in [2.05, 4.69) is 0 Å². The SMILES string of the molecule is CC(OC(=O)N(C)c1ccc(CC(=O)O)cc1)c1ccc([N+](=O)[O-])cc1. The van der Waals surface area contributed by atoms with Crippen LogP contribution >= 0.6 is 0 Å². The maximum absolute atomic E-state index is 12.3. The van der Waals surface area contributed by atoms with Crippen molar-refractivity contribution < 1.29 is 24.4 Å². The first-order chi connectivity index (χ1) is 12.3. The average Bonchev–Trinajstić information content (AvgIpc) is 2.61. The van der Waals surface area contributed by atoms with E-state index in [1.54, 1.807) is 31.2 Å². The molecule has 0 aliphatic carbocycles. The predicted molar refractivity (Wildman–Crippen MR) is 94.2 cm³/mol. The molecule has 8 heteroatoms. The molecule has 0 fully saturated rings. The normalized spacial score (nSPS) is 11.5. The molecule has 26 heavy (non-hydrogen) atoms. The number of nitro groups is 1. The van der Waals surface area contributed by atoms with Gasteiger partial charge in [0.05, 0.1) is 11.3 Å². The fraction of sp³-hybridized carbons (Fsp3) is 0.222. The number of carbonyl (C=O) groups is 2. The van der Waals surface area contributed by atoms with Crippen LogP contribution in [0.25, 0.3) is 0 Å². The number of amides is 1. The number of ether oxygens (including phenoxy) is 1. The van der Waals surface area contributed by atoms with Gasteiger partial charge in [0.15, 0.2) is 0 Å². The van der Waals surface area contributed by atoms with E-state index < -0.39 is 23.1 Å². The van der Waals surface area contributed by atoms with Crippen LogP contribution in [0.2, 0.25) is 0 Å². The highest BCUT2D eigenvalue weighted by molar-refractivity contribution is 5.87. The maximum Gasteiger partial charge on any atom is 0.414 e. The van der Waals surface area contributed by atoms with Gasteiger partial charge in [-0.25, -0.2) is 4.79 Å². The molecule has 1 amide bonds. The van der Waals surface area contributed by atoms with Crippen molar-refractivity contribution in [1.29, 1.82) is 0 Å². The van der Waals surface area contributed by atoms with Gasteiger partial charge >= 0.3 is 12.1 Å². The van der Waals surface area contributed by atoms with Gasteiger partial charge in [-0.15, -0.1) is 0 Å². The standard InChI is InChI=1S/C18H18N2O6/c1-12(14-5-9-16(10-6-14)20(24)25)26-18(23)19(2)15-7-3-13(4-8-15)11-17(21)22/h3-10,12H,11H2,1-2H3,(H,21,22). The molecule has 0 saturated carbocycles. The molecule has 0 aromatic heterocycles. The zero-order valence-corrected chi connectivity index (χ0v) is 14.3. The van der Waals surface area contributed by atoms with E-state index in [1.807, 2.05) is 0 Å². The fourth-order valence-corrected chi connectivity index (χ4v) is 2.28. The van der Waals surface area contributed by atoms with Gasteiger partial charge in [-0.3, -0.25) is 19.8 Å². The molecule has 8 nitrogen and oxygen atoms in total. The molecule has 2 aromatic carbocycles. The Kier molecular flexibility index (Phi) is 5.90. The van der Waals surface area contributed by atoms with Crippen LogP contribution < -0.4 is 4.90 Å². The van der Waals surface area contributed by atoms with Gasteiger partial charge in [0.25, 0.3) is 5.69 Å². The Morgan fingerprint density at radius 1 is 1.15 bits per heavy atom. The molecule has 1 N–H and O–H groups in total. The molecule has 1 atom stereocenters. The smallest absolute Gasteiger partial charge is 0.414 e. The van der Waals surface area contributed by atoms with E-state index in [-0.39, 0.29) is 12.1 Å². The Balaban J connectivity index is 2.01. The zero-order chi connectivity index (χ0) is 19.3. The van der Waals surface area contributed by atoms with Crippen LogP contribution in [0, 0.1) is 10.1 Å². The van der Waals surface area contributed by atoms with Crippen LogP contribution in [0.4, 0.5) is 16.2 Å². The third-order valence-corrected chi connectivity index (χ3v) is 3.80. The van der Waals surface area contributed by atoms with Gasteiger partial charge in [-0.1, -0.05) is 12.1 Å². The van der Waals surface area contributed by atoms with E-state index in [4.69, 9.17) is 9.84 Å². The van der Waals surface area contributed by atoms with Gasteiger partial charge in [0.1, 0.15) is 6.10 Å². The molecule has 2 aromatic rings. The van der Waals surface area contributed by atoms with Gasteiger partial charge in [-0.2, -0.15) is 0 Å². The second-order valence-corrected chi connectivity index (χ2v) is 5.67. The lowest BCUT2D eigenvalue weighted by Crippen LogP contribution is -2.28. The van der Waals surface area contributed by atoms with Crippen molar-refractivity contribution in [3.05, 3.63) is 69.8 Å². The van der Waals surface area contributed by atoms with E-state index in [0.29, 0.717) is 16.8 Å². The molecule has 0 spiro atoms. The molecular weight excluding hydrogens is 340 g/mol. The fourth-order valence-electron chi connectivity index (χ4n) is 2.28. The molecule has 0 saturated heterocycles. The lowest BCUT2D eigenvalue weighted by atomic mass is 10.1. The van der Waals surface area contributed by atoms with Gasteiger partial charge in [-0.05, 0) is 42.3 Å². The number of rotatable bonds is 6. The van der Waals surface area contributed by atoms with Crippen LogP contribution in [-0.2, 0) is 16.0 Å². The first-order valence-electron chi connectivity index (χ1n) is 7.77. The number of nitrogens with zero attached hydrogens (tertiary/aromatic N) is 2. The lowest BCUT2D eigenvalue weighted by Gasteiger charge is -2.21. The summed E-state index contributed by atoms with van der Waals surface area (Å²) in [7, 11) is 1.54. The highest BCUT2D eigenvalue weighted by atomic mass is 16.6. The second-order valence-electron chi connectivity index (χ2n) is 5.67. The van der Waals surface area contributed by atoms with Crippen LogP contribution in [0.3, 0.4) is 0 Å². The minimum absolute atomic E-state index is 0.0363. The number of benzene rings is 2. The number of non-ortho nitro benzene ring substituents is 1. The Labute approximate surface area is 149 Å². The minimum atomic E-state index is -0.928. The number of anilines is 1. The Bertz CT molecular complexity index is 801. The number of carboxylic acid groups (broad SMARTS) is 1. The third kappa shape index (κ3) is 4.79. The van der Waals surface area contributed by atoms with Crippen molar-refractivity contribution >= 4 is 23.4 Å². The largest absolute Gasteiger partial charge is 0.481 e. The molecule has 2 rings (SSSR count). The second kappa shape index (κ2) is 8.11. The van der Waals surface area contributed by atoms with Crippen molar-refractivity contribution in [2.75, 3.05) is 11.9 Å². The predicted octanol–water partition coefficient (Wildman–Crippen LogP) is 3.56. The molecule has 0 aliphatic heterocycles. The molecule has 0 radical (unpaired) electrons. The minimum Gasteiger partial charge on any atom is -0.481 e. The first-order valence-corrected chi connectivity index (χ1v) is 7.77. The van der Waals surface area contributed by atoms with Crippen molar-refractivity contribution in [1.82, 2.24) is 0 Å². The maximum atomic E-state index is 12.3. The van der Waals surface area contributed by atoms with E-state index in [9.17, 15) is 19.7 Å². The Morgan fingerprint density at radius 3 is 2.23 bits per heavy atom. The Morgan fingerprint density at radius 2 is 1.73 bits per heavy atom. The van der Waals surface area contributed by atoms with Gasteiger partial charge in [0.2, 0.25) is 0 Å². The summed E-state index contributed by atoms with van der Waals surface area (Å²) in [6, 6.07) is 12.3. The molecule has 1 unspecified atom stereocenters. The Hall–Kier alpha value is -3.42. The number of carbonyl (C=O) groups excluding carboxylic acids is 1. The van der Waals surface area contributed by atoms with Crippen LogP contribution in [0.5, 0.6) is 0 Å². The molecule has 136 valence electrons. The zero-order valence-electron chi connectivity index (χ0n) is 14.3. The number of aliphatic carboxylic acids is 1. The number of hydrogen-bond acceptors (Lipinski definition) is 5. The van der Waals surface area contributed by atoms with Crippen LogP contribution in [-0.4, -0.2) is 29.1 Å². The number of nitro benzene ring substituents is 1. The summed E-state index contributed by atoms with van der Waals surface area (Å²) in [5.74, 6) is -0.928. The topological polar surface area (TPSA) is 110 Å². The van der Waals surface area contributed by atoms with Gasteiger partial charge in [0, 0.05) is 24.9 Å². The quantitative estimate of drug-likeness (QED) is 0.624. The summed E-state index contributed by atoms with van der Waals surface area (Å²) in [5, 5.41) is 19.4. The van der Waals surface area contributed by atoms with Crippen molar-refractivity contribution in [3.8, 4) is 0 Å². The average molecular weight is 358 g/mol.